The van der Waals surface area contributed by atoms with Gasteiger partial charge in [-0.3, -0.25) is 14.5 Å². The van der Waals surface area contributed by atoms with Gasteiger partial charge in [-0.15, -0.1) is 0 Å². The average Bonchev–Trinajstić information content (AvgIpc) is 2.33. The molecule has 0 radical (unpaired) electrons. The normalized spacial score (nSPS) is 20.6. The number of nitrogens with zero attached hydrogens (tertiary/aromatic N) is 1. The van der Waals surface area contributed by atoms with Crippen molar-refractivity contribution in [3.8, 4) is 0 Å². The maximum absolute atomic E-state index is 11.8. The third-order valence-electron chi connectivity index (χ3n) is 2.24. The minimum Gasteiger partial charge on any atom is -0.273 e. The number of imide groups is 1. The van der Waals surface area contributed by atoms with E-state index in [-0.39, 0.29) is 11.1 Å². The van der Waals surface area contributed by atoms with Crippen molar-refractivity contribution in [3.05, 3.63) is 12.2 Å². The maximum Gasteiger partial charge on any atom is 0.289 e. The Balaban J connectivity index is 2.52. The van der Waals surface area contributed by atoms with E-state index in [4.69, 9.17) is 0 Å². The molecule has 1 fully saturated rings. The zero-order valence-electron chi connectivity index (χ0n) is 9.45. The van der Waals surface area contributed by atoms with E-state index in [0.717, 1.165) is 24.6 Å². The highest BCUT2D eigenvalue weighted by atomic mass is 32.2. The second kappa shape index (κ2) is 4.84. The topological polar surface area (TPSA) is 37.4 Å². The largest absolute Gasteiger partial charge is 0.289 e. The number of carbonyl (C=O) groups is 2. The molecule has 0 aliphatic carbocycles. The second-order valence-electron chi connectivity index (χ2n) is 4.00. The molecule has 0 spiro atoms. The number of carbonyl (C=O) groups excluding carboxylic acids is 2. The van der Waals surface area contributed by atoms with Crippen LogP contribution in [-0.4, -0.2) is 27.3 Å². The number of hydrogen-bond acceptors (Lipinski definition) is 3. The van der Waals surface area contributed by atoms with Gasteiger partial charge < -0.3 is 0 Å². The van der Waals surface area contributed by atoms with Crippen molar-refractivity contribution in [2.24, 2.45) is 0 Å². The first kappa shape index (κ1) is 12.3. The highest BCUT2D eigenvalue weighted by molar-refractivity contribution is 8.16. The molecule has 4 heteroatoms. The zero-order valence-corrected chi connectivity index (χ0v) is 10.3. The molecule has 1 aliphatic heterocycles. The van der Waals surface area contributed by atoms with Crippen molar-refractivity contribution in [1.82, 2.24) is 4.90 Å². The molecule has 0 atom stereocenters. The van der Waals surface area contributed by atoms with Gasteiger partial charge in [-0.1, -0.05) is 19.1 Å². The monoisotopic (exact) mass is 227 g/mol. The molecule has 3 nitrogen and oxygen atoms in total. The average molecular weight is 227 g/mol. The Hall–Kier alpha value is -0.770. The van der Waals surface area contributed by atoms with Crippen LogP contribution in [-0.2, 0) is 4.79 Å². The van der Waals surface area contributed by atoms with Crippen molar-refractivity contribution >= 4 is 22.9 Å². The van der Waals surface area contributed by atoms with Gasteiger partial charge in [0.2, 0.25) is 5.91 Å². The number of rotatable bonds is 4. The van der Waals surface area contributed by atoms with Crippen molar-refractivity contribution in [1.29, 1.82) is 0 Å². The Kier molecular flexibility index (Phi) is 3.97. The highest BCUT2D eigenvalue weighted by Gasteiger charge is 2.45. The van der Waals surface area contributed by atoms with Crippen LogP contribution in [0, 0.1) is 0 Å². The van der Waals surface area contributed by atoms with Gasteiger partial charge in [-0.2, -0.15) is 0 Å². The smallest absolute Gasteiger partial charge is 0.273 e. The molecule has 0 saturated carbocycles. The van der Waals surface area contributed by atoms with Gasteiger partial charge in [-0.25, -0.2) is 0 Å². The molecule has 2 amide bonds. The first-order valence-corrected chi connectivity index (χ1v) is 6.00. The predicted octanol–water partition coefficient (Wildman–Crippen LogP) is 2.82. The third-order valence-corrected chi connectivity index (χ3v) is 3.32. The molecule has 1 saturated heterocycles. The van der Waals surface area contributed by atoms with Gasteiger partial charge in [0.1, 0.15) is 0 Å². The SMILES string of the molecule is CCC=CCCN1C(=O)SC(C)(C)C1=O. The molecule has 0 bridgehead atoms. The van der Waals surface area contributed by atoms with Crippen molar-refractivity contribution in [3.63, 3.8) is 0 Å². The summed E-state index contributed by atoms with van der Waals surface area (Å²) in [6, 6.07) is 0. The summed E-state index contributed by atoms with van der Waals surface area (Å²) in [5.74, 6) is -0.0672. The first-order chi connectivity index (χ1) is 6.99. The summed E-state index contributed by atoms with van der Waals surface area (Å²) in [6.07, 6.45) is 5.80. The number of allylic oxidation sites excluding steroid dienone is 1. The Bertz CT molecular complexity index is 297. The summed E-state index contributed by atoms with van der Waals surface area (Å²) >= 11 is 1.12. The van der Waals surface area contributed by atoms with E-state index in [0.29, 0.717) is 6.54 Å². The van der Waals surface area contributed by atoms with E-state index >= 15 is 0 Å². The quantitative estimate of drug-likeness (QED) is 0.693. The van der Waals surface area contributed by atoms with E-state index in [1.54, 1.807) is 13.8 Å². The van der Waals surface area contributed by atoms with Crippen LogP contribution < -0.4 is 0 Å². The van der Waals surface area contributed by atoms with E-state index in [1.807, 2.05) is 12.2 Å². The molecule has 0 aromatic rings. The molecule has 1 aliphatic rings. The maximum atomic E-state index is 11.8. The van der Waals surface area contributed by atoms with Crippen LogP contribution in [0.1, 0.15) is 33.6 Å². The van der Waals surface area contributed by atoms with Gasteiger partial charge in [-0.05, 0) is 38.5 Å². The lowest BCUT2D eigenvalue weighted by atomic mass is 10.2. The Morgan fingerprint density at radius 1 is 1.33 bits per heavy atom. The summed E-state index contributed by atoms with van der Waals surface area (Å²) in [6.45, 7) is 6.14. The summed E-state index contributed by atoms with van der Waals surface area (Å²) in [5, 5.41) is -0.116. The second-order valence-corrected chi connectivity index (χ2v) is 5.58. The highest BCUT2D eigenvalue weighted by Crippen LogP contribution is 2.36. The molecule has 1 rings (SSSR count). The van der Waals surface area contributed by atoms with Crippen LogP contribution in [0.5, 0.6) is 0 Å². The van der Waals surface area contributed by atoms with Crippen LogP contribution in [0.15, 0.2) is 12.2 Å². The molecule has 0 N–H and O–H groups in total. The Labute approximate surface area is 94.9 Å². The lowest BCUT2D eigenvalue weighted by Gasteiger charge is -2.15. The first-order valence-electron chi connectivity index (χ1n) is 5.19. The van der Waals surface area contributed by atoms with Crippen LogP contribution in [0.3, 0.4) is 0 Å². The molecule has 84 valence electrons. The van der Waals surface area contributed by atoms with E-state index in [2.05, 4.69) is 6.92 Å². The summed E-state index contributed by atoms with van der Waals surface area (Å²) in [5.41, 5.74) is 0. The number of hydrogen-bond donors (Lipinski definition) is 0. The van der Waals surface area contributed by atoms with E-state index in [1.165, 1.54) is 4.90 Å². The van der Waals surface area contributed by atoms with E-state index < -0.39 is 4.75 Å². The molecular weight excluding hydrogens is 210 g/mol. The molecule has 0 unspecified atom stereocenters. The number of amides is 2. The fourth-order valence-corrected chi connectivity index (χ4v) is 2.32. The summed E-state index contributed by atoms with van der Waals surface area (Å²) < 4.78 is -0.578. The Morgan fingerprint density at radius 2 is 2.00 bits per heavy atom. The summed E-state index contributed by atoms with van der Waals surface area (Å²) in [4.78, 5) is 24.6. The predicted molar refractivity (Wildman–Crippen MR) is 62.8 cm³/mol. The lowest BCUT2D eigenvalue weighted by molar-refractivity contribution is -0.128. The fourth-order valence-electron chi connectivity index (χ4n) is 1.41. The van der Waals surface area contributed by atoms with Crippen molar-refractivity contribution < 1.29 is 9.59 Å². The van der Waals surface area contributed by atoms with Crippen molar-refractivity contribution in [2.75, 3.05) is 6.54 Å². The Morgan fingerprint density at radius 3 is 2.47 bits per heavy atom. The zero-order chi connectivity index (χ0) is 11.5. The fraction of sp³-hybridized carbons (Fsp3) is 0.636. The minimum absolute atomic E-state index is 0.0672. The van der Waals surface area contributed by atoms with Gasteiger partial charge in [0.25, 0.3) is 5.24 Å². The molecular formula is C11H17NO2S. The van der Waals surface area contributed by atoms with Crippen LogP contribution in [0.4, 0.5) is 4.79 Å². The van der Waals surface area contributed by atoms with Crippen LogP contribution in [0.25, 0.3) is 0 Å². The molecule has 0 aromatic heterocycles. The van der Waals surface area contributed by atoms with Crippen molar-refractivity contribution in [2.45, 2.75) is 38.4 Å². The van der Waals surface area contributed by atoms with Gasteiger partial charge in [0.15, 0.2) is 0 Å². The summed E-state index contributed by atoms with van der Waals surface area (Å²) in [7, 11) is 0. The standard InChI is InChI=1S/C11H17NO2S/c1-4-5-6-7-8-12-9(13)11(2,3)15-10(12)14/h5-6H,4,7-8H2,1-3H3. The van der Waals surface area contributed by atoms with Gasteiger partial charge in [0.05, 0.1) is 4.75 Å². The molecule has 1 heterocycles. The third kappa shape index (κ3) is 2.84. The molecule has 0 aromatic carbocycles. The van der Waals surface area contributed by atoms with E-state index in [9.17, 15) is 9.59 Å². The molecule has 15 heavy (non-hydrogen) atoms. The van der Waals surface area contributed by atoms with Crippen LogP contribution >= 0.6 is 11.8 Å². The van der Waals surface area contributed by atoms with Gasteiger partial charge in [0, 0.05) is 6.54 Å². The van der Waals surface area contributed by atoms with Crippen LogP contribution in [0.2, 0.25) is 0 Å². The minimum atomic E-state index is -0.578. The lowest BCUT2D eigenvalue weighted by Crippen LogP contribution is -2.36. The van der Waals surface area contributed by atoms with Gasteiger partial charge >= 0.3 is 0 Å². The number of thioether (sulfide) groups is 1.